The van der Waals surface area contributed by atoms with Gasteiger partial charge in [-0.25, -0.2) is 4.79 Å². The molecule has 1 aromatic carbocycles. The van der Waals surface area contributed by atoms with Crippen molar-refractivity contribution in [1.29, 1.82) is 0 Å². The quantitative estimate of drug-likeness (QED) is 0.201. The number of alkyl halides is 1. The van der Waals surface area contributed by atoms with Crippen LogP contribution in [0.1, 0.15) is 53.7 Å². The third kappa shape index (κ3) is 4.07. The first kappa shape index (κ1) is 20.4. The molecule has 0 saturated carbocycles. The highest BCUT2D eigenvalue weighted by Gasteiger charge is 2.29. The van der Waals surface area contributed by atoms with E-state index in [-0.39, 0.29) is 11.7 Å². The monoisotopic (exact) mass is 404 g/mol. The van der Waals surface area contributed by atoms with Crippen molar-refractivity contribution >= 4 is 23.3 Å². The third-order valence-electron chi connectivity index (χ3n) is 5.33. The van der Waals surface area contributed by atoms with Crippen molar-refractivity contribution in [3.8, 4) is 11.3 Å². The van der Waals surface area contributed by atoms with Gasteiger partial charge >= 0.3 is 5.97 Å². The number of esters is 1. The first-order valence-electron chi connectivity index (χ1n) is 9.71. The summed E-state index contributed by atoms with van der Waals surface area (Å²) in [5.74, 6) is 0.304. The Morgan fingerprint density at radius 3 is 2.54 bits per heavy atom. The number of hydrogen-bond donors (Lipinski definition) is 0. The van der Waals surface area contributed by atoms with Crippen LogP contribution in [0.2, 0.25) is 0 Å². The minimum absolute atomic E-state index is 0.0355. The van der Waals surface area contributed by atoms with Gasteiger partial charge in [0.1, 0.15) is 0 Å². The number of fused-ring (bicyclic) bond motifs is 1. The molecule has 0 atom stereocenters. The van der Waals surface area contributed by atoms with Crippen LogP contribution < -0.4 is 0 Å². The Balaban J connectivity index is 2.11. The molecule has 0 bridgehead atoms. The van der Waals surface area contributed by atoms with Crippen molar-refractivity contribution in [3.05, 3.63) is 51.2 Å². The smallest absolute Gasteiger partial charge is 0.340 e. The van der Waals surface area contributed by atoms with Crippen LogP contribution in [-0.2, 0) is 24.1 Å². The zero-order chi connectivity index (χ0) is 20.1. The molecule has 1 aliphatic rings. The van der Waals surface area contributed by atoms with E-state index in [2.05, 4.69) is 4.57 Å². The average Bonchev–Trinajstić information content (AvgIpc) is 3.05. The lowest BCUT2D eigenvalue weighted by molar-refractivity contribution is -0.384. The molecule has 28 heavy (non-hydrogen) atoms. The van der Waals surface area contributed by atoms with Crippen LogP contribution in [0.25, 0.3) is 11.3 Å². The van der Waals surface area contributed by atoms with Crippen molar-refractivity contribution in [3.63, 3.8) is 0 Å². The predicted octanol–water partition coefficient (Wildman–Crippen LogP) is 5.14. The van der Waals surface area contributed by atoms with Crippen LogP contribution in [0.4, 0.5) is 5.69 Å². The van der Waals surface area contributed by atoms with Crippen molar-refractivity contribution in [2.45, 2.75) is 51.5 Å². The van der Waals surface area contributed by atoms with E-state index in [9.17, 15) is 14.9 Å². The highest BCUT2D eigenvalue weighted by Crippen LogP contribution is 2.37. The average molecular weight is 405 g/mol. The molecule has 1 heterocycles. The van der Waals surface area contributed by atoms with Crippen molar-refractivity contribution in [1.82, 2.24) is 4.57 Å². The van der Waals surface area contributed by atoms with Gasteiger partial charge in [-0.1, -0.05) is 6.42 Å². The van der Waals surface area contributed by atoms with Crippen molar-refractivity contribution in [2.75, 3.05) is 13.0 Å². The molecular formula is C21H25ClN2O4. The Bertz CT molecular complexity index is 858. The highest BCUT2D eigenvalue weighted by atomic mass is 35.5. The van der Waals surface area contributed by atoms with E-state index in [1.807, 2.05) is 0 Å². The molecule has 1 aromatic heterocycles. The summed E-state index contributed by atoms with van der Waals surface area (Å²) in [5, 5.41) is 11.0. The zero-order valence-corrected chi connectivity index (χ0v) is 16.8. The Kier molecular flexibility index (Phi) is 6.73. The SMILES string of the molecule is COC(=O)c1c2c(n(CCCCCCl)c1-c1ccc([N+](=O)[O-])cc1)CCCC2. The van der Waals surface area contributed by atoms with Gasteiger partial charge in [0.15, 0.2) is 0 Å². The number of carbonyl (C=O) groups is 1. The number of nitrogens with zero attached hydrogens (tertiary/aromatic N) is 2. The topological polar surface area (TPSA) is 74.4 Å². The second-order valence-electron chi connectivity index (χ2n) is 7.05. The molecule has 0 unspecified atom stereocenters. The maximum atomic E-state index is 12.7. The number of ether oxygens (including phenoxy) is 1. The maximum Gasteiger partial charge on any atom is 0.340 e. The fourth-order valence-electron chi connectivity index (χ4n) is 4.02. The van der Waals surface area contributed by atoms with Crippen LogP contribution in [0, 0.1) is 10.1 Å². The highest BCUT2D eigenvalue weighted by molar-refractivity contribution is 6.17. The molecule has 6 nitrogen and oxygen atoms in total. The number of rotatable bonds is 8. The van der Waals surface area contributed by atoms with Gasteiger partial charge in [-0.05, 0) is 61.8 Å². The molecule has 0 N–H and O–H groups in total. The minimum Gasteiger partial charge on any atom is -0.465 e. The minimum atomic E-state index is -0.415. The molecule has 0 fully saturated rings. The van der Waals surface area contributed by atoms with E-state index in [1.54, 1.807) is 12.1 Å². The van der Waals surface area contributed by atoms with Crippen molar-refractivity contribution < 1.29 is 14.5 Å². The van der Waals surface area contributed by atoms with Crippen LogP contribution in [0.3, 0.4) is 0 Å². The number of nitro benzene ring substituents is 1. The summed E-state index contributed by atoms with van der Waals surface area (Å²) in [7, 11) is 1.40. The summed E-state index contributed by atoms with van der Waals surface area (Å²) in [4.78, 5) is 23.3. The number of carbonyl (C=O) groups excluding carboxylic acids is 1. The molecule has 0 radical (unpaired) electrons. The number of unbranched alkanes of at least 4 members (excludes halogenated alkanes) is 2. The van der Waals surface area contributed by atoms with Gasteiger partial charge in [0.2, 0.25) is 0 Å². The molecule has 0 spiro atoms. The van der Waals surface area contributed by atoms with Crippen LogP contribution >= 0.6 is 11.6 Å². The van der Waals surface area contributed by atoms with Gasteiger partial charge in [0.05, 0.1) is 23.3 Å². The molecular weight excluding hydrogens is 380 g/mol. The number of benzene rings is 1. The zero-order valence-electron chi connectivity index (χ0n) is 16.1. The molecule has 3 rings (SSSR count). The molecule has 0 aliphatic heterocycles. The number of non-ortho nitro benzene ring substituents is 1. The summed E-state index contributed by atoms with van der Waals surface area (Å²) in [6.45, 7) is 0.794. The summed E-state index contributed by atoms with van der Waals surface area (Å²) < 4.78 is 7.34. The first-order valence-corrected chi connectivity index (χ1v) is 10.2. The summed E-state index contributed by atoms with van der Waals surface area (Å²) >= 11 is 5.81. The van der Waals surface area contributed by atoms with Crippen molar-refractivity contribution in [2.24, 2.45) is 0 Å². The number of hydrogen-bond acceptors (Lipinski definition) is 4. The van der Waals surface area contributed by atoms with E-state index in [0.717, 1.165) is 68.3 Å². The molecule has 0 amide bonds. The number of aromatic nitrogens is 1. The lowest BCUT2D eigenvalue weighted by Gasteiger charge is -2.17. The third-order valence-corrected chi connectivity index (χ3v) is 5.60. The molecule has 0 saturated heterocycles. The van der Waals surface area contributed by atoms with E-state index in [0.29, 0.717) is 11.4 Å². The predicted molar refractivity (Wildman–Crippen MR) is 109 cm³/mol. The van der Waals surface area contributed by atoms with Gasteiger partial charge < -0.3 is 9.30 Å². The largest absolute Gasteiger partial charge is 0.465 e. The summed E-state index contributed by atoms with van der Waals surface area (Å²) in [6.07, 6.45) is 6.88. The normalized spacial score (nSPS) is 13.2. The molecule has 2 aromatic rings. The van der Waals surface area contributed by atoms with E-state index >= 15 is 0 Å². The Hall–Kier alpha value is -2.34. The molecule has 1 aliphatic carbocycles. The first-order chi connectivity index (χ1) is 13.6. The molecule has 150 valence electrons. The number of methoxy groups -OCH3 is 1. The number of halogens is 1. The Morgan fingerprint density at radius 2 is 1.89 bits per heavy atom. The second kappa shape index (κ2) is 9.24. The fourth-order valence-corrected chi connectivity index (χ4v) is 4.21. The fraction of sp³-hybridized carbons (Fsp3) is 0.476. The van der Waals surface area contributed by atoms with E-state index in [1.165, 1.54) is 24.9 Å². The van der Waals surface area contributed by atoms with Gasteiger partial charge in [0, 0.05) is 30.3 Å². The van der Waals surface area contributed by atoms with Gasteiger partial charge in [-0.15, -0.1) is 11.6 Å². The summed E-state index contributed by atoms with van der Waals surface area (Å²) in [5.41, 5.74) is 4.55. The maximum absolute atomic E-state index is 12.7. The standard InChI is InChI=1S/C21H25ClN2O4/c1-28-21(25)19-17-7-3-4-8-18(17)23(14-6-2-5-13-22)20(19)15-9-11-16(12-10-15)24(26)27/h9-12H,2-8,13-14H2,1H3. The lowest BCUT2D eigenvalue weighted by atomic mass is 9.93. The molecule has 7 heteroatoms. The van der Waals surface area contributed by atoms with E-state index in [4.69, 9.17) is 16.3 Å². The van der Waals surface area contributed by atoms with Gasteiger partial charge in [-0.2, -0.15) is 0 Å². The van der Waals surface area contributed by atoms with Crippen LogP contribution in [-0.4, -0.2) is 28.4 Å². The van der Waals surface area contributed by atoms with Crippen LogP contribution in [0.5, 0.6) is 0 Å². The van der Waals surface area contributed by atoms with Crippen LogP contribution in [0.15, 0.2) is 24.3 Å². The van der Waals surface area contributed by atoms with Gasteiger partial charge in [0.25, 0.3) is 5.69 Å². The van der Waals surface area contributed by atoms with E-state index < -0.39 is 4.92 Å². The lowest BCUT2D eigenvalue weighted by Crippen LogP contribution is -2.10. The number of nitro groups is 1. The van der Waals surface area contributed by atoms with Gasteiger partial charge in [-0.3, -0.25) is 10.1 Å². The Labute approximate surface area is 169 Å². The summed E-state index contributed by atoms with van der Waals surface area (Å²) in [6, 6.07) is 6.42. The second-order valence-corrected chi connectivity index (χ2v) is 7.43. The Morgan fingerprint density at radius 1 is 1.18 bits per heavy atom.